The Kier molecular flexibility index (Phi) is 4.83. The third-order valence-electron chi connectivity index (χ3n) is 3.38. The summed E-state index contributed by atoms with van der Waals surface area (Å²) in [7, 11) is 0. The highest BCUT2D eigenvalue weighted by molar-refractivity contribution is 6.30. The van der Waals surface area contributed by atoms with E-state index in [1.807, 2.05) is 6.92 Å². The average molecular weight is 318 g/mol. The van der Waals surface area contributed by atoms with E-state index in [0.29, 0.717) is 29.2 Å². The summed E-state index contributed by atoms with van der Waals surface area (Å²) in [5.74, 6) is -1.25. The zero-order chi connectivity index (χ0) is 16.3. The van der Waals surface area contributed by atoms with Crippen LogP contribution in [0.25, 0.3) is 11.3 Å². The van der Waals surface area contributed by atoms with Crippen molar-refractivity contribution in [3.05, 3.63) is 69.5 Å². The van der Waals surface area contributed by atoms with Crippen LogP contribution in [0.1, 0.15) is 23.0 Å². The molecular weight excluding hydrogens is 302 g/mol. The molecule has 0 radical (unpaired) electrons. The van der Waals surface area contributed by atoms with Crippen molar-refractivity contribution in [3.8, 4) is 11.3 Å². The molecule has 1 aromatic heterocycles. The molecule has 0 aliphatic rings. The van der Waals surface area contributed by atoms with Gasteiger partial charge in [0.15, 0.2) is 5.43 Å². The number of hydrogen-bond donors (Lipinski definition) is 1. The first kappa shape index (κ1) is 16.0. The fourth-order valence-electron chi connectivity index (χ4n) is 2.47. The topological polar surface area (TPSA) is 59.3 Å². The van der Waals surface area contributed by atoms with Crippen LogP contribution < -0.4 is 5.43 Å². The van der Waals surface area contributed by atoms with Gasteiger partial charge in [-0.15, -0.1) is 6.58 Å². The van der Waals surface area contributed by atoms with Gasteiger partial charge in [-0.05, 0) is 18.6 Å². The van der Waals surface area contributed by atoms with Crippen molar-refractivity contribution in [2.75, 3.05) is 0 Å². The molecule has 1 aromatic carbocycles. The van der Waals surface area contributed by atoms with Crippen molar-refractivity contribution >= 4 is 17.6 Å². The van der Waals surface area contributed by atoms with Crippen LogP contribution in [0.2, 0.25) is 5.02 Å². The summed E-state index contributed by atoms with van der Waals surface area (Å²) < 4.78 is 1.80. The lowest BCUT2D eigenvalue weighted by Crippen LogP contribution is -2.23. The third-order valence-corrected chi connectivity index (χ3v) is 3.62. The van der Waals surface area contributed by atoms with Gasteiger partial charge >= 0.3 is 5.97 Å². The molecule has 4 nitrogen and oxygen atoms in total. The van der Waals surface area contributed by atoms with Crippen molar-refractivity contribution in [2.24, 2.45) is 0 Å². The molecule has 0 amide bonds. The average Bonchev–Trinajstić information content (AvgIpc) is 2.47. The van der Waals surface area contributed by atoms with Crippen LogP contribution in [-0.2, 0) is 13.0 Å². The van der Waals surface area contributed by atoms with Gasteiger partial charge in [0.1, 0.15) is 5.56 Å². The number of aromatic carboxylic acids is 1. The van der Waals surface area contributed by atoms with E-state index in [-0.39, 0.29) is 5.56 Å². The number of carbonyl (C=O) groups is 1. The van der Waals surface area contributed by atoms with Gasteiger partial charge in [-0.2, -0.15) is 0 Å². The lowest BCUT2D eigenvalue weighted by Gasteiger charge is -2.19. The van der Waals surface area contributed by atoms with E-state index in [2.05, 4.69) is 6.58 Å². The normalized spacial score (nSPS) is 10.5. The monoisotopic (exact) mass is 317 g/mol. The third kappa shape index (κ3) is 2.97. The van der Waals surface area contributed by atoms with Gasteiger partial charge in [-0.3, -0.25) is 4.79 Å². The number of aryl methyl sites for hydroxylation is 1. The summed E-state index contributed by atoms with van der Waals surface area (Å²) in [6.07, 6.45) is 2.28. The number of halogens is 1. The zero-order valence-electron chi connectivity index (χ0n) is 12.2. The van der Waals surface area contributed by atoms with Crippen molar-refractivity contribution in [2.45, 2.75) is 19.9 Å². The van der Waals surface area contributed by atoms with E-state index >= 15 is 0 Å². The van der Waals surface area contributed by atoms with Crippen LogP contribution in [0, 0.1) is 0 Å². The molecule has 2 aromatic rings. The molecule has 0 unspecified atom stereocenters. The predicted octanol–water partition coefficient (Wildman–Crippen LogP) is 3.62. The molecule has 0 saturated carbocycles. The van der Waals surface area contributed by atoms with E-state index in [4.69, 9.17) is 11.6 Å². The Bertz CT molecular complexity index is 793. The van der Waals surface area contributed by atoms with Crippen LogP contribution >= 0.6 is 11.6 Å². The number of hydrogen-bond acceptors (Lipinski definition) is 2. The minimum atomic E-state index is -1.25. The molecule has 1 heterocycles. The first-order chi connectivity index (χ1) is 10.5. The summed E-state index contributed by atoms with van der Waals surface area (Å²) in [4.78, 5) is 23.8. The molecule has 0 aliphatic carbocycles. The quantitative estimate of drug-likeness (QED) is 0.857. The number of allylic oxidation sites excluding steroid dienone is 1. The molecule has 0 bridgehead atoms. The minimum absolute atomic E-state index is 0.249. The lowest BCUT2D eigenvalue weighted by atomic mass is 10.0. The molecular formula is C17H16ClNO3. The molecule has 2 rings (SSSR count). The number of nitrogens with zero attached hydrogens (tertiary/aromatic N) is 1. The molecule has 0 fully saturated rings. The van der Waals surface area contributed by atoms with Crippen LogP contribution in [0.5, 0.6) is 0 Å². The maximum Gasteiger partial charge on any atom is 0.341 e. The van der Waals surface area contributed by atoms with Gasteiger partial charge in [0, 0.05) is 28.9 Å². The Morgan fingerprint density at radius 2 is 2.14 bits per heavy atom. The van der Waals surface area contributed by atoms with E-state index in [9.17, 15) is 14.7 Å². The second-order valence-corrected chi connectivity index (χ2v) is 5.23. The fraction of sp³-hybridized carbons (Fsp3) is 0.176. The van der Waals surface area contributed by atoms with Crippen LogP contribution in [-0.4, -0.2) is 15.6 Å². The van der Waals surface area contributed by atoms with E-state index in [1.54, 1.807) is 34.9 Å². The highest BCUT2D eigenvalue weighted by Gasteiger charge is 2.21. The SMILES string of the molecule is C=CCn1c(CC)cc(=O)c(C(=O)O)c1-c1cccc(Cl)c1. The predicted molar refractivity (Wildman–Crippen MR) is 87.7 cm³/mol. The van der Waals surface area contributed by atoms with Crippen molar-refractivity contribution < 1.29 is 9.90 Å². The van der Waals surface area contributed by atoms with Gasteiger partial charge in [-0.25, -0.2) is 4.79 Å². The highest BCUT2D eigenvalue weighted by atomic mass is 35.5. The molecule has 0 spiro atoms. The molecule has 0 saturated heterocycles. The standard InChI is InChI=1S/C17H16ClNO3/c1-3-8-19-13(4-2)10-14(20)15(17(21)22)16(19)11-6-5-7-12(18)9-11/h3,5-7,9-10H,1,4,8H2,2H3,(H,21,22). The second kappa shape index (κ2) is 6.62. The molecule has 1 N–H and O–H groups in total. The Hall–Kier alpha value is -2.33. The van der Waals surface area contributed by atoms with E-state index < -0.39 is 11.4 Å². The number of benzene rings is 1. The summed E-state index contributed by atoms with van der Waals surface area (Å²) in [5.41, 5.74) is 0.962. The summed E-state index contributed by atoms with van der Waals surface area (Å²) in [6, 6.07) is 8.20. The van der Waals surface area contributed by atoms with Gasteiger partial charge < -0.3 is 9.67 Å². The Balaban J connectivity index is 2.93. The Morgan fingerprint density at radius 1 is 1.41 bits per heavy atom. The van der Waals surface area contributed by atoms with Crippen LogP contribution in [0.4, 0.5) is 0 Å². The van der Waals surface area contributed by atoms with Crippen molar-refractivity contribution in [1.29, 1.82) is 0 Å². The summed E-state index contributed by atoms with van der Waals surface area (Å²) in [5, 5.41) is 9.94. The van der Waals surface area contributed by atoms with Gasteiger partial charge in [0.25, 0.3) is 0 Å². The van der Waals surface area contributed by atoms with Crippen molar-refractivity contribution in [3.63, 3.8) is 0 Å². The van der Waals surface area contributed by atoms with Gasteiger partial charge in [0.05, 0.1) is 5.69 Å². The smallest absolute Gasteiger partial charge is 0.341 e. The maximum absolute atomic E-state index is 12.2. The molecule has 114 valence electrons. The van der Waals surface area contributed by atoms with Gasteiger partial charge in [-0.1, -0.05) is 36.7 Å². The number of carboxylic acid groups (broad SMARTS) is 1. The number of aromatic nitrogens is 1. The Labute approximate surface area is 133 Å². The minimum Gasteiger partial charge on any atom is -0.477 e. The van der Waals surface area contributed by atoms with Crippen molar-refractivity contribution in [1.82, 2.24) is 4.57 Å². The van der Waals surface area contributed by atoms with E-state index in [1.165, 1.54) is 6.07 Å². The summed E-state index contributed by atoms with van der Waals surface area (Å²) >= 11 is 6.01. The molecule has 0 aliphatic heterocycles. The van der Waals surface area contributed by atoms with Crippen LogP contribution in [0.3, 0.4) is 0 Å². The number of rotatable bonds is 5. The molecule has 5 heteroatoms. The number of carboxylic acids is 1. The zero-order valence-corrected chi connectivity index (χ0v) is 12.9. The Morgan fingerprint density at radius 3 is 2.68 bits per heavy atom. The maximum atomic E-state index is 12.2. The highest BCUT2D eigenvalue weighted by Crippen LogP contribution is 2.26. The largest absolute Gasteiger partial charge is 0.477 e. The second-order valence-electron chi connectivity index (χ2n) is 4.79. The molecule has 22 heavy (non-hydrogen) atoms. The lowest BCUT2D eigenvalue weighted by molar-refractivity contribution is 0.0695. The first-order valence-corrected chi connectivity index (χ1v) is 7.24. The van der Waals surface area contributed by atoms with Crippen LogP contribution in [0.15, 0.2) is 47.8 Å². The first-order valence-electron chi connectivity index (χ1n) is 6.86. The number of pyridine rings is 1. The molecule has 0 atom stereocenters. The fourth-order valence-corrected chi connectivity index (χ4v) is 2.66. The summed E-state index contributed by atoms with van der Waals surface area (Å²) in [6.45, 7) is 6.03. The van der Waals surface area contributed by atoms with Gasteiger partial charge in [0.2, 0.25) is 0 Å². The van der Waals surface area contributed by atoms with E-state index in [0.717, 1.165) is 5.69 Å².